The zero-order chi connectivity index (χ0) is 10.3. The molecule has 1 saturated carbocycles. The van der Waals surface area contributed by atoms with Crippen molar-refractivity contribution in [2.24, 2.45) is 0 Å². The summed E-state index contributed by atoms with van der Waals surface area (Å²) in [6.45, 7) is 4.01. The van der Waals surface area contributed by atoms with Crippen molar-refractivity contribution in [2.75, 3.05) is 0 Å². The molecule has 4 heteroatoms. The smallest absolute Gasteiger partial charge is 0.155 e. The van der Waals surface area contributed by atoms with Gasteiger partial charge in [-0.05, 0) is 26.7 Å². The van der Waals surface area contributed by atoms with E-state index >= 15 is 0 Å². The molecule has 0 aromatic carbocycles. The van der Waals surface area contributed by atoms with E-state index in [0.29, 0.717) is 16.6 Å². The summed E-state index contributed by atoms with van der Waals surface area (Å²) >= 11 is 6.07. The number of aromatic nitrogens is 2. The van der Waals surface area contributed by atoms with Crippen molar-refractivity contribution in [3.05, 3.63) is 16.4 Å². The summed E-state index contributed by atoms with van der Waals surface area (Å²) in [4.78, 5) is 10.9. The van der Waals surface area contributed by atoms with E-state index in [1.165, 1.54) is 0 Å². The summed E-state index contributed by atoms with van der Waals surface area (Å²) in [7, 11) is 0. The van der Waals surface area contributed by atoms with E-state index in [0.717, 1.165) is 24.8 Å². The van der Waals surface area contributed by atoms with Crippen molar-refractivity contribution < 1.29 is 4.79 Å². The van der Waals surface area contributed by atoms with Gasteiger partial charge in [-0.15, -0.1) is 0 Å². The third kappa shape index (κ3) is 1.46. The zero-order valence-electron chi connectivity index (χ0n) is 8.33. The van der Waals surface area contributed by atoms with Crippen molar-refractivity contribution in [3.63, 3.8) is 0 Å². The Hall–Kier alpha value is -0.830. The molecular formula is C10H13ClN2O. The molecule has 14 heavy (non-hydrogen) atoms. The molecule has 0 atom stereocenters. The second-order valence-corrected chi connectivity index (χ2v) is 4.38. The molecule has 0 bridgehead atoms. The van der Waals surface area contributed by atoms with Crippen LogP contribution in [0.5, 0.6) is 0 Å². The molecule has 2 rings (SSSR count). The topological polar surface area (TPSA) is 34.9 Å². The summed E-state index contributed by atoms with van der Waals surface area (Å²) in [5, 5.41) is 4.88. The number of aldehydes is 1. The Morgan fingerprint density at radius 2 is 2.21 bits per heavy atom. The molecule has 1 heterocycles. The van der Waals surface area contributed by atoms with E-state index < -0.39 is 0 Å². The SMILES string of the molecule is CC(C)n1nc(C2CC2)c(C=O)c1Cl. The summed E-state index contributed by atoms with van der Waals surface area (Å²) in [5.74, 6) is 0.465. The van der Waals surface area contributed by atoms with Crippen LogP contribution in [-0.4, -0.2) is 16.1 Å². The van der Waals surface area contributed by atoms with Gasteiger partial charge in [0.1, 0.15) is 5.15 Å². The van der Waals surface area contributed by atoms with Crippen molar-refractivity contribution >= 4 is 17.9 Å². The van der Waals surface area contributed by atoms with Gasteiger partial charge in [-0.2, -0.15) is 5.10 Å². The van der Waals surface area contributed by atoms with Gasteiger partial charge in [-0.3, -0.25) is 9.48 Å². The average molecular weight is 213 g/mol. The molecule has 3 nitrogen and oxygen atoms in total. The summed E-state index contributed by atoms with van der Waals surface area (Å²) < 4.78 is 1.72. The van der Waals surface area contributed by atoms with Gasteiger partial charge in [0, 0.05) is 12.0 Å². The quantitative estimate of drug-likeness (QED) is 0.723. The molecule has 0 radical (unpaired) electrons. The molecule has 1 aromatic rings. The first-order chi connectivity index (χ1) is 6.65. The highest BCUT2D eigenvalue weighted by Gasteiger charge is 2.31. The Labute approximate surface area is 88.1 Å². The molecule has 1 aliphatic rings. The lowest BCUT2D eigenvalue weighted by molar-refractivity contribution is 0.112. The molecule has 0 amide bonds. The van der Waals surface area contributed by atoms with Crippen LogP contribution in [0.15, 0.2) is 0 Å². The van der Waals surface area contributed by atoms with Gasteiger partial charge in [-0.1, -0.05) is 11.6 Å². The third-order valence-corrected chi connectivity index (χ3v) is 2.86. The Morgan fingerprint density at radius 3 is 2.64 bits per heavy atom. The number of hydrogen-bond donors (Lipinski definition) is 0. The second-order valence-electron chi connectivity index (χ2n) is 4.02. The highest BCUT2D eigenvalue weighted by Crippen LogP contribution is 2.42. The largest absolute Gasteiger partial charge is 0.298 e. The van der Waals surface area contributed by atoms with Gasteiger partial charge < -0.3 is 0 Å². The van der Waals surface area contributed by atoms with Crippen LogP contribution in [0.3, 0.4) is 0 Å². The zero-order valence-corrected chi connectivity index (χ0v) is 9.08. The maximum absolute atomic E-state index is 10.9. The number of hydrogen-bond acceptors (Lipinski definition) is 2. The summed E-state index contributed by atoms with van der Waals surface area (Å²) in [6.07, 6.45) is 3.08. The predicted octanol–water partition coefficient (Wildman–Crippen LogP) is 2.81. The maximum atomic E-state index is 10.9. The molecule has 76 valence electrons. The fraction of sp³-hybridized carbons (Fsp3) is 0.600. The normalized spacial score (nSPS) is 16.3. The monoisotopic (exact) mass is 212 g/mol. The van der Waals surface area contributed by atoms with Crippen LogP contribution in [0.25, 0.3) is 0 Å². The fourth-order valence-electron chi connectivity index (χ4n) is 1.55. The van der Waals surface area contributed by atoms with E-state index in [1.54, 1.807) is 4.68 Å². The van der Waals surface area contributed by atoms with Crippen LogP contribution < -0.4 is 0 Å². The van der Waals surface area contributed by atoms with Gasteiger partial charge in [0.15, 0.2) is 6.29 Å². The lowest BCUT2D eigenvalue weighted by Gasteiger charge is -2.05. The van der Waals surface area contributed by atoms with E-state index in [-0.39, 0.29) is 6.04 Å². The van der Waals surface area contributed by atoms with E-state index in [2.05, 4.69) is 5.10 Å². The number of halogens is 1. The standard InChI is InChI=1S/C10H13ClN2O/c1-6(2)13-10(11)8(5-14)9(12-13)7-3-4-7/h5-7H,3-4H2,1-2H3. The van der Waals surface area contributed by atoms with E-state index in [4.69, 9.17) is 11.6 Å². The van der Waals surface area contributed by atoms with Gasteiger partial charge in [-0.25, -0.2) is 0 Å². The Morgan fingerprint density at radius 1 is 1.57 bits per heavy atom. The Kier molecular flexibility index (Phi) is 2.35. The van der Waals surface area contributed by atoms with Gasteiger partial charge in [0.05, 0.1) is 11.3 Å². The molecule has 1 fully saturated rings. The van der Waals surface area contributed by atoms with Crippen LogP contribution in [-0.2, 0) is 0 Å². The predicted molar refractivity (Wildman–Crippen MR) is 55.0 cm³/mol. The van der Waals surface area contributed by atoms with Crippen molar-refractivity contribution in [3.8, 4) is 0 Å². The first-order valence-corrected chi connectivity index (χ1v) is 5.26. The van der Waals surface area contributed by atoms with Gasteiger partial charge in [0.2, 0.25) is 0 Å². The van der Waals surface area contributed by atoms with E-state index in [1.807, 2.05) is 13.8 Å². The molecule has 1 aliphatic carbocycles. The van der Waals surface area contributed by atoms with Crippen LogP contribution >= 0.6 is 11.6 Å². The minimum absolute atomic E-state index is 0.202. The maximum Gasteiger partial charge on any atom is 0.155 e. The minimum atomic E-state index is 0.202. The number of carbonyl (C=O) groups excluding carboxylic acids is 1. The van der Waals surface area contributed by atoms with Gasteiger partial charge >= 0.3 is 0 Å². The number of rotatable bonds is 3. The Bertz CT molecular complexity index is 366. The first-order valence-electron chi connectivity index (χ1n) is 4.88. The van der Waals surface area contributed by atoms with Crippen molar-refractivity contribution in [2.45, 2.75) is 38.6 Å². The van der Waals surface area contributed by atoms with E-state index in [9.17, 15) is 4.79 Å². The molecule has 0 aliphatic heterocycles. The molecular weight excluding hydrogens is 200 g/mol. The second kappa shape index (κ2) is 3.39. The highest BCUT2D eigenvalue weighted by atomic mass is 35.5. The summed E-state index contributed by atoms with van der Waals surface area (Å²) in [5.41, 5.74) is 1.47. The molecule has 0 spiro atoms. The fourth-order valence-corrected chi connectivity index (χ4v) is 1.93. The van der Waals surface area contributed by atoms with Crippen molar-refractivity contribution in [1.29, 1.82) is 0 Å². The third-order valence-electron chi connectivity index (χ3n) is 2.49. The molecule has 0 N–H and O–H groups in total. The lowest BCUT2D eigenvalue weighted by atomic mass is 10.2. The molecule has 1 aromatic heterocycles. The van der Waals surface area contributed by atoms with Crippen LogP contribution in [0.2, 0.25) is 5.15 Å². The average Bonchev–Trinajstić information content (AvgIpc) is 2.90. The number of nitrogens with zero attached hydrogens (tertiary/aromatic N) is 2. The van der Waals surface area contributed by atoms with Crippen LogP contribution in [0.1, 0.15) is 54.7 Å². The summed E-state index contributed by atoms with van der Waals surface area (Å²) in [6, 6.07) is 0.202. The minimum Gasteiger partial charge on any atom is -0.298 e. The van der Waals surface area contributed by atoms with Crippen molar-refractivity contribution in [1.82, 2.24) is 9.78 Å². The first kappa shape index (κ1) is 9.71. The molecule has 0 saturated heterocycles. The van der Waals surface area contributed by atoms with Crippen LogP contribution in [0, 0.1) is 0 Å². The highest BCUT2D eigenvalue weighted by molar-refractivity contribution is 6.32. The van der Waals surface area contributed by atoms with Crippen LogP contribution in [0.4, 0.5) is 0 Å². The lowest BCUT2D eigenvalue weighted by Crippen LogP contribution is -2.03. The molecule has 0 unspecified atom stereocenters. The number of carbonyl (C=O) groups is 1. The Balaban J connectivity index is 2.49. The van der Waals surface area contributed by atoms with Gasteiger partial charge in [0.25, 0.3) is 0 Å².